The third-order valence-corrected chi connectivity index (χ3v) is 5.78. The highest BCUT2D eigenvalue weighted by Crippen LogP contribution is 2.34. The number of hydrogen-bond donors (Lipinski definition) is 1. The predicted molar refractivity (Wildman–Crippen MR) is 144 cm³/mol. The van der Waals surface area contributed by atoms with E-state index in [4.69, 9.17) is 0 Å². The van der Waals surface area contributed by atoms with Crippen LogP contribution in [0, 0.1) is 5.82 Å². The molecule has 0 fully saturated rings. The lowest BCUT2D eigenvalue weighted by Crippen LogP contribution is -2.31. The topological polar surface area (TPSA) is 82.8 Å². The first kappa shape index (κ1) is 24.4. The van der Waals surface area contributed by atoms with Gasteiger partial charge in [-0.3, -0.25) is 20.2 Å². The first-order valence-corrected chi connectivity index (χ1v) is 11.2. The molecule has 7 nitrogen and oxygen atoms in total. The van der Waals surface area contributed by atoms with E-state index in [0.717, 1.165) is 22.5 Å². The van der Waals surface area contributed by atoms with Gasteiger partial charge in [-0.05, 0) is 67.7 Å². The Morgan fingerprint density at radius 3 is 2.39 bits per heavy atom. The molecule has 1 heterocycles. The Morgan fingerprint density at radius 1 is 1.03 bits per heavy atom. The third kappa shape index (κ3) is 5.17. The molecule has 1 N–H and O–H groups in total. The highest BCUT2D eigenvalue weighted by molar-refractivity contribution is 6.04. The van der Waals surface area contributed by atoms with E-state index >= 15 is 0 Å². The zero-order chi connectivity index (χ0) is 25.7. The number of hydrogen-bond acceptors (Lipinski definition) is 5. The van der Waals surface area contributed by atoms with Crippen molar-refractivity contribution in [2.24, 2.45) is 9.98 Å². The number of benzene rings is 3. The maximum Gasteiger partial charge on any atom is 0.328 e. The van der Waals surface area contributed by atoms with Gasteiger partial charge in [0.05, 0.1) is 11.4 Å². The minimum atomic E-state index is -0.391. The summed E-state index contributed by atoms with van der Waals surface area (Å²) in [7, 11) is 3.38. The van der Waals surface area contributed by atoms with Gasteiger partial charge in [-0.1, -0.05) is 24.3 Å². The summed E-state index contributed by atoms with van der Waals surface area (Å²) >= 11 is 0. The SMILES string of the molecule is C=Nc1ccc(-c2cnc(NC(=O)N(C)c3ccccc3)nc2-c2ccc(F)cc2)cc1/C(C)=N\C. The number of para-hydroxylation sites is 1. The zero-order valence-electron chi connectivity index (χ0n) is 20.2. The molecular weight excluding hydrogens is 455 g/mol. The molecule has 4 aromatic rings. The molecule has 1 aromatic heterocycles. The number of rotatable bonds is 6. The largest absolute Gasteiger partial charge is 0.328 e. The average Bonchev–Trinajstić information content (AvgIpc) is 2.92. The van der Waals surface area contributed by atoms with Crippen LogP contribution in [-0.4, -0.2) is 42.5 Å². The Balaban J connectivity index is 1.77. The molecule has 180 valence electrons. The van der Waals surface area contributed by atoms with Crippen LogP contribution in [0.2, 0.25) is 0 Å². The van der Waals surface area contributed by atoms with Gasteiger partial charge in [0.2, 0.25) is 5.95 Å². The number of carbonyl (C=O) groups excluding carboxylic acids is 1. The second-order valence-corrected chi connectivity index (χ2v) is 7.99. The van der Waals surface area contributed by atoms with E-state index in [-0.39, 0.29) is 11.8 Å². The maximum absolute atomic E-state index is 13.7. The van der Waals surface area contributed by atoms with Crippen molar-refractivity contribution in [2.75, 3.05) is 24.3 Å². The van der Waals surface area contributed by atoms with E-state index in [9.17, 15) is 9.18 Å². The highest BCUT2D eigenvalue weighted by atomic mass is 19.1. The Morgan fingerprint density at radius 2 is 1.72 bits per heavy atom. The first-order valence-electron chi connectivity index (χ1n) is 11.2. The number of nitrogens with one attached hydrogen (secondary N) is 1. The van der Waals surface area contributed by atoms with Gasteiger partial charge in [0.25, 0.3) is 0 Å². The molecule has 0 aliphatic carbocycles. The number of halogens is 1. The Hall–Kier alpha value is -4.72. The number of carbonyl (C=O) groups is 1. The molecule has 3 aromatic carbocycles. The van der Waals surface area contributed by atoms with Crippen LogP contribution >= 0.6 is 0 Å². The van der Waals surface area contributed by atoms with Crippen LogP contribution in [0.15, 0.2) is 89.0 Å². The van der Waals surface area contributed by atoms with Gasteiger partial charge in [-0.2, -0.15) is 0 Å². The maximum atomic E-state index is 13.7. The molecule has 0 atom stereocenters. The van der Waals surface area contributed by atoms with Crippen LogP contribution < -0.4 is 10.2 Å². The smallest absolute Gasteiger partial charge is 0.297 e. The number of urea groups is 1. The lowest BCUT2D eigenvalue weighted by molar-refractivity contribution is 0.258. The molecule has 2 amide bonds. The number of nitrogens with zero attached hydrogens (tertiary/aromatic N) is 5. The monoisotopic (exact) mass is 480 g/mol. The average molecular weight is 481 g/mol. The van der Waals surface area contributed by atoms with E-state index < -0.39 is 6.03 Å². The standard InChI is InChI=1S/C28H25FN6O/c1-18(30-2)23-16-20(12-15-25(23)31-3)24-17-32-27(33-26(24)19-10-13-21(29)14-11-19)34-28(36)35(4)22-8-6-5-7-9-22/h5-17H,3H2,1-2,4H3,(H,32,33,34,36)/b30-18-. The van der Waals surface area contributed by atoms with E-state index in [1.807, 2.05) is 55.5 Å². The van der Waals surface area contributed by atoms with Gasteiger partial charge >= 0.3 is 6.03 Å². The van der Waals surface area contributed by atoms with Crippen molar-refractivity contribution in [3.05, 3.63) is 90.4 Å². The predicted octanol–water partition coefficient (Wildman–Crippen LogP) is 6.39. The summed E-state index contributed by atoms with van der Waals surface area (Å²) in [5.74, 6) is -0.229. The molecule has 0 unspecified atom stereocenters. The van der Waals surface area contributed by atoms with Crippen molar-refractivity contribution in [3.8, 4) is 22.4 Å². The molecule has 0 bridgehead atoms. The van der Waals surface area contributed by atoms with Crippen molar-refractivity contribution < 1.29 is 9.18 Å². The van der Waals surface area contributed by atoms with Crippen LogP contribution in [-0.2, 0) is 0 Å². The van der Waals surface area contributed by atoms with Crippen molar-refractivity contribution in [3.63, 3.8) is 0 Å². The van der Waals surface area contributed by atoms with Crippen LogP contribution in [0.25, 0.3) is 22.4 Å². The van der Waals surface area contributed by atoms with Crippen LogP contribution in [0.5, 0.6) is 0 Å². The molecule has 0 saturated carbocycles. The summed E-state index contributed by atoms with van der Waals surface area (Å²) in [4.78, 5) is 31.7. The number of aromatic nitrogens is 2. The summed E-state index contributed by atoms with van der Waals surface area (Å²) in [6.07, 6.45) is 1.64. The minimum Gasteiger partial charge on any atom is -0.297 e. The third-order valence-electron chi connectivity index (χ3n) is 5.78. The lowest BCUT2D eigenvalue weighted by atomic mass is 9.97. The minimum absolute atomic E-state index is 0.127. The summed E-state index contributed by atoms with van der Waals surface area (Å²) in [6.45, 7) is 5.55. The fourth-order valence-corrected chi connectivity index (χ4v) is 3.68. The fraction of sp³-hybridized carbons (Fsp3) is 0.107. The first-order chi connectivity index (χ1) is 17.4. The van der Waals surface area contributed by atoms with Crippen molar-refractivity contribution in [1.82, 2.24) is 9.97 Å². The van der Waals surface area contributed by atoms with Gasteiger partial charge < -0.3 is 0 Å². The Bertz CT molecular complexity index is 1430. The second kappa shape index (κ2) is 10.7. The van der Waals surface area contributed by atoms with Gasteiger partial charge in [0.15, 0.2) is 0 Å². The quantitative estimate of drug-likeness (QED) is 0.325. The van der Waals surface area contributed by atoms with E-state index in [1.165, 1.54) is 17.0 Å². The van der Waals surface area contributed by atoms with Crippen LogP contribution in [0.1, 0.15) is 12.5 Å². The van der Waals surface area contributed by atoms with E-state index in [1.54, 1.807) is 32.4 Å². The summed E-state index contributed by atoms with van der Waals surface area (Å²) in [5.41, 5.74) is 5.80. The van der Waals surface area contributed by atoms with Gasteiger partial charge in [0, 0.05) is 48.4 Å². The van der Waals surface area contributed by atoms with Crippen LogP contribution in [0.3, 0.4) is 0 Å². The molecule has 8 heteroatoms. The highest BCUT2D eigenvalue weighted by Gasteiger charge is 2.17. The lowest BCUT2D eigenvalue weighted by Gasteiger charge is -2.18. The molecule has 0 aliphatic heterocycles. The Kier molecular flexibility index (Phi) is 7.25. The van der Waals surface area contributed by atoms with Crippen LogP contribution in [0.4, 0.5) is 26.5 Å². The normalized spacial score (nSPS) is 11.2. The fourth-order valence-electron chi connectivity index (χ4n) is 3.68. The van der Waals surface area contributed by atoms with E-state index in [0.29, 0.717) is 22.5 Å². The second-order valence-electron chi connectivity index (χ2n) is 7.99. The summed E-state index contributed by atoms with van der Waals surface area (Å²) in [6, 6.07) is 20.6. The van der Waals surface area contributed by atoms with Gasteiger partial charge in [-0.15, -0.1) is 0 Å². The molecule has 0 spiro atoms. The number of anilines is 2. The molecule has 0 aliphatic rings. The van der Waals surface area contributed by atoms with Gasteiger partial charge in [0.1, 0.15) is 5.82 Å². The molecule has 0 saturated heterocycles. The van der Waals surface area contributed by atoms with Crippen molar-refractivity contribution in [2.45, 2.75) is 6.92 Å². The zero-order valence-corrected chi connectivity index (χ0v) is 20.2. The molecule has 0 radical (unpaired) electrons. The molecule has 4 rings (SSSR count). The van der Waals surface area contributed by atoms with E-state index in [2.05, 4.69) is 32.0 Å². The summed E-state index contributed by atoms with van der Waals surface area (Å²) < 4.78 is 13.7. The number of amides is 2. The van der Waals surface area contributed by atoms with Crippen molar-refractivity contribution >= 4 is 35.8 Å². The molecular formula is C28H25FN6O. The summed E-state index contributed by atoms with van der Waals surface area (Å²) in [5, 5.41) is 2.75. The number of aliphatic imine (C=N–C) groups is 2. The van der Waals surface area contributed by atoms with Crippen molar-refractivity contribution in [1.29, 1.82) is 0 Å². The molecule has 36 heavy (non-hydrogen) atoms. The Labute approximate surface area is 209 Å². The van der Waals surface area contributed by atoms with Gasteiger partial charge in [-0.25, -0.2) is 19.2 Å².